The maximum Gasteiger partial charge on any atom is 0.243 e. The molecule has 1 aromatic heterocycles. The summed E-state index contributed by atoms with van der Waals surface area (Å²) in [6, 6.07) is 5.33. The highest BCUT2D eigenvalue weighted by Crippen LogP contribution is 2.41. The Hall–Kier alpha value is -1.28. The van der Waals surface area contributed by atoms with Gasteiger partial charge in [-0.3, -0.25) is 9.59 Å². The quantitative estimate of drug-likeness (QED) is 0.606. The number of aromatic nitrogens is 1. The summed E-state index contributed by atoms with van der Waals surface area (Å²) in [5.74, 6) is -0.259. The van der Waals surface area contributed by atoms with E-state index in [1.807, 2.05) is 6.07 Å². The van der Waals surface area contributed by atoms with Crippen LogP contribution in [0.5, 0.6) is 0 Å². The van der Waals surface area contributed by atoms with Crippen LogP contribution in [0.25, 0.3) is 0 Å². The molecule has 0 radical (unpaired) electrons. The van der Waals surface area contributed by atoms with E-state index < -0.39 is 5.25 Å². The SMILES string of the molecule is CNC(=O)Cc1csc(NC(=O)C(SC2CCCC2)c2ccc(Cl)c(Cl)c2)n1. The molecule has 0 aliphatic heterocycles. The number of anilines is 1. The Kier molecular flexibility index (Phi) is 7.62. The van der Waals surface area contributed by atoms with Gasteiger partial charge in [0.1, 0.15) is 5.25 Å². The zero-order valence-electron chi connectivity index (χ0n) is 15.3. The van der Waals surface area contributed by atoms with Crippen LogP contribution in [0, 0.1) is 0 Å². The molecule has 1 saturated carbocycles. The van der Waals surface area contributed by atoms with Crippen LogP contribution in [-0.4, -0.2) is 29.1 Å². The maximum absolute atomic E-state index is 13.1. The number of carbonyl (C=O) groups excluding carboxylic acids is 2. The summed E-state index contributed by atoms with van der Waals surface area (Å²) in [7, 11) is 1.58. The van der Waals surface area contributed by atoms with Gasteiger partial charge in [-0.1, -0.05) is 42.1 Å². The third kappa shape index (κ3) is 5.63. The van der Waals surface area contributed by atoms with Gasteiger partial charge in [-0.25, -0.2) is 4.98 Å². The molecule has 0 spiro atoms. The van der Waals surface area contributed by atoms with Crippen molar-refractivity contribution in [3.63, 3.8) is 0 Å². The van der Waals surface area contributed by atoms with Gasteiger partial charge in [0.2, 0.25) is 11.8 Å². The van der Waals surface area contributed by atoms with Crippen LogP contribution < -0.4 is 10.6 Å². The molecule has 2 aromatic rings. The lowest BCUT2D eigenvalue weighted by molar-refractivity contribution is -0.120. The lowest BCUT2D eigenvalue weighted by atomic mass is 10.1. The number of hydrogen-bond donors (Lipinski definition) is 2. The molecule has 1 aromatic carbocycles. The van der Waals surface area contributed by atoms with Crippen molar-refractivity contribution in [2.75, 3.05) is 12.4 Å². The summed E-state index contributed by atoms with van der Waals surface area (Å²) in [4.78, 5) is 28.9. The zero-order valence-corrected chi connectivity index (χ0v) is 18.5. The Morgan fingerprint density at radius 3 is 2.71 bits per heavy atom. The van der Waals surface area contributed by atoms with Gasteiger partial charge >= 0.3 is 0 Å². The first-order valence-electron chi connectivity index (χ1n) is 9.02. The lowest BCUT2D eigenvalue weighted by Crippen LogP contribution is -2.21. The summed E-state index contributed by atoms with van der Waals surface area (Å²) < 4.78 is 0. The fraction of sp³-hybridized carbons (Fsp3) is 0.421. The van der Waals surface area contributed by atoms with E-state index in [9.17, 15) is 9.59 Å². The van der Waals surface area contributed by atoms with Crippen LogP contribution >= 0.6 is 46.3 Å². The first-order chi connectivity index (χ1) is 13.5. The maximum atomic E-state index is 13.1. The van der Waals surface area contributed by atoms with Crippen molar-refractivity contribution < 1.29 is 9.59 Å². The molecule has 2 N–H and O–H groups in total. The normalized spacial score (nSPS) is 15.4. The average Bonchev–Trinajstić information content (AvgIpc) is 3.34. The molecule has 28 heavy (non-hydrogen) atoms. The fourth-order valence-corrected chi connectivity index (χ4v) is 5.55. The highest BCUT2D eigenvalue weighted by atomic mass is 35.5. The van der Waals surface area contributed by atoms with Gasteiger partial charge < -0.3 is 10.6 Å². The molecule has 9 heteroatoms. The second kappa shape index (κ2) is 9.96. The number of rotatable bonds is 7. The number of thiazole rings is 1. The van der Waals surface area contributed by atoms with Gasteiger partial charge in [-0.05, 0) is 30.5 Å². The largest absolute Gasteiger partial charge is 0.359 e. The van der Waals surface area contributed by atoms with Gasteiger partial charge in [0, 0.05) is 17.7 Å². The summed E-state index contributed by atoms with van der Waals surface area (Å²) in [6.45, 7) is 0. The Morgan fingerprint density at radius 2 is 2.04 bits per heavy atom. The van der Waals surface area contributed by atoms with Crippen LogP contribution in [-0.2, 0) is 16.0 Å². The highest BCUT2D eigenvalue weighted by molar-refractivity contribution is 8.00. The molecule has 0 saturated heterocycles. The van der Waals surface area contributed by atoms with Crippen molar-refractivity contribution in [1.82, 2.24) is 10.3 Å². The van der Waals surface area contributed by atoms with Crippen LogP contribution in [0.4, 0.5) is 5.13 Å². The lowest BCUT2D eigenvalue weighted by Gasteiger charge is -2.20. The Bertz CT molecular complexity index is 853. The van der Waals surface area contributed by atoms with E-state index in [1.165, 1.54) is 24.2 Å². The van der Waals surface area contributed by atoms with E-state index in [4.69, 9.17) is 23.2 Å². The first kappa shape index (κ1) is 21.4. The second-order valence-corrected chi connectivity index (χ2v) is 9.66. The van der Waals surface area contributed by atoms with Gasteiger partial charge in [0.05, 0.1) is 22.2 Å². The van der Waals surface area contributed by atoms with Gasteiger partial charge in [0.15, 0.2) is 5.13 Å². The van der Waals surface area contributed by atoms with Crippen molar-refractivity contribution in [2.45, 2.75) is 42.6 Å². The second-order valence-electron chi connectivity index (χ2n) is 6.58. The van der Waals surface area contributed by atoms with Gasteiger partial charge in [0.25, 0.3) is 0 Å². The standard InChI is InChI=1S/C19H21Cl2N3O2S2/c1-22-16(25)9-12-10-27-19(23-12)24-18(26)17(28-13-4-2-3-5-13)11-6-7-14(20)15(21)8-11/h6-8,10,13,17H,2-5,9H2,1H3,(H,22,25)(H,23,24,26). The summed E-state index contributed by atoms with van der Waals surface area (Å²) in [5.41, 5.74) is 1.46. The number of hydrogen-bond acceptors (Lipinski definition) is 5. The summed E-state index contributed by atoms with van der Waals surface area (Å²) in [6.07, 6.45) is 4.81. The van der Waals surface area contributed by atoms with Crippen LogP contribution in [0.1, 0.15) is 42.2 Å². The van der Waals surface area contributed by atoms with E-state index >= 15 is 0 Å². The van der Waals surface area contributed by atoms with Crippen LogP contribution in [0.3, 0.4) is 0 Å². The fourth-order valence-electron chi connectivity index (χ4n) is 3.05. The highest BCUT2D eigenvalue weighted by Gasteiger charge is 2.28. The van der Waals surface area contributed by atoms with Crippen molar-refractivity contribution >= 4 is 63.2 Å². The van der Waals surface area contributed by atoms with Crippen LogP contribution in [0.15, 0.2) is 23.6 Å². The molecule has 1 unspecified atom stereocenters. The number of amides is 2. The molecule has 2 amide bonds. The Balaban J connectivity index is 1.75. The zero-order chi connectivity index (χ0) is 20.1. The number of carbonyl (C=O) groups is 2. The smallest absolute Gasteiger partial charge is 0.243 e. The Labute approximate surface area is 182 Å². The van der Waals surface area contributed by atoms with E-state index in [-0.39, 0.29) is 18.2 Å². The minimum Gasteiger partial charge on any atom is -0.359 e. The number of thioether (sulfide) groups is 1. The van der Waals surface area contributed by atoms with Crippen LogP contribution in [0.2, 0.25) is 10.0 Å². The molecule has 1 heterocycles. The number of likely N-dealkylation sites (N-methyl/N-ethyl adjacent to an activating group) is 1. The molecular formula is C19H21Cl2N3O2S2. The first-order valence-corrected chi connectivity index (χ1v) is 11.6. The number of halogens is 2. The number of benzene rings is 1. The van der Waals surface area contributed by atoms with Crippen molar-refractivity contribution in [2.24, 2.45) is 0 Å². The molecule has 0 bridgehead atoms. The van der Waals surface area contributed by atoms with Crippen molar-refractivity contribution in [1.29, 1.82) is 0 Å². The predicted molar refractivity (Wildman–Crippen MR) is 118 cm³/mol. The molecule has 1 aliphatic carbocycles. The van der Waals surface area contributed by atoms with Gasteiger partial charge in [-0.2, -0.15) is 0 Å². The van der Waals surface area contributed by atoms with E-state index in [1.54, 1.807) is 36.3 Å². The molecule has 150 valence electrons. The molecule has 1 fully saturated rings. The predicted octanol–water partition coefficient (Wildman–Crippen LogP) is 5.09. The molecule has 5 nitrogen and oxygen atoms in total. The minimum absolute atomic E-state index is 0.117. The molecule has 1 aliphatic rings. The van der Waals surface area contributed by atoms with Crippen molar-refractivity contribution in [3.8, 4) is 0 Å². The third-order valence-electron chi connectivity index (χ3n) is 4.52. The molecule has 3 rings (SSSR count). The monoisotopic (exact) mass is 457 g/mol. The topological polar surface area (TPSA) is 71.1 Å². The number of nitrogens with zero attached hydrogens (tertiary/aromatic N) is 1. The summed E-state index contributed by atoms with van der Waals surface area (Å²) >= 11 is 15.2. The third-order valence-corrected chi connectivity index (χ3v) is 7.68. The molecule has 1 atom stereocenters. The molecular weight excluding hydrogens is 437 g/mol. The average molecular weight is 458 g/mol. The van der Waals surface area contributed by atoms with E-state index in [0.29, 0.717) is 26.1 Å². The van der Waals surface area contributed by atoms with Gasteiger partial charge in [-0.15, -0.1) is 23.1 Å². The van der Waals surface area contributed by atoms with Crippen molar-refractivity contribution in [3.05, 3.63) is 44.9 Å². The van der Waals surface area contributed by atoms with E-state index in [0.717, 1.165) is 18.4 Å². The number of nitrogens with one attached hydrogen (secondary N) is 2. The Morgan fingerprint density at radius 1 is 1.29 bits per heavy atom. The van der Waals surface area contributed by atoms with E-state index in [2.05, 4.69) is 15.6 Å². The summed E-state index contributed by atoms with van der Waals surface area (Å²) in [5, 5.41) is 8.69. The minimum atomic E-state index is -0.399.